The first-order chi connectivity index (χ1) is 6.21. The minimum absolute atomic E-state index is 0.00856. The summed E-state index contributed by atoms with van der Waals surface area (Å²) in [6, 6.07) is 0.188. The largest absolute Gasteiger partial charge is 0.379 e. The Balaban J connectivity index is 1.83. The van der Waals surface area contributed by atoms with E-state index in [9.17, 15) is 4.79 Å². The minimum atomic E-state index is -0.567. The fourth-order valence-electron chi connectivity index (χ4n) is 1.76. The van der Waals surface area contributed by atoms with Gasteiger partial charge in [-0.3, -0.25) is 4.79 Å². The molecule has 4 nitrogen and oxygen atoms in total. The van der Waals surface area contributed by atoms with Crippen molar-refractivity contribution < 1.29 is 9.53 Å². The molecule has 2 fully saturated rings. The zero-order chi connectivity index (χ0) is 9.31. The van der Waals surface area contributed by atoms with E-state index in [0.29, 0.717) is 6.61 Å². The van der Waals surface area contributed by atoms with Gasteiger partial charge in [0.15, 0.2) is 0 Å². The van der Waals surface area contributed by atoms with Crippen LogP contribution < -0.4 is 11.1 Å². The highest BCUT2D eigenvalue weighted by molar-refractivity contribution is 5.87. The number of hydrogen-bond donors (Lipinski definition) is 2. The first kappa shape index (κ1) is 8.97. The van der Waals surface area contributed by atoms with Gasteiger partial charge in [0.1, 0.15) is 0 Å². The van der Waals surface area contributed by atoms with Gasteiger partial charge in [-0.05, 0) is 25.7 Å². The van der Waals surface area contributed by atoms with Gasteiger partial charge in [-0.1, -0.05) is 0 Å². The van der Waals surface area contributed by atoms with Crippen LogP contribution in [-0.2, 0) is 9.53 Å². The molecule has 1 aliphatic carbocycles. The van der Waals surface area contributed by atoms with E-state index in [0.717, 1.165) is 32.3 Å². The standard InChI is InChI=1S/C9H16N2O2/c10-9(3-1-4-9)8(12)11-7-2-5-13-6-7/h7H,1-6,10H2,(H,11,12). The highest BCUT2D eigenvalue weighted by atomic mass is 16.5. The summed E-state index contributed by atoms with van der Waals surface area (Å²) in [5.74, 6) is 0.00856. The zero-order valence-electron chi connectivity index (χ0n) is 7.71. The van der Waals surface area contributed by atoms with E-state index in [4.69, 9.17) is 10.5 Å². The number of rotatable bonds is 2. The summed E-state index contributed by atoms with van der Waals surface area (Å²) in [5.41, 5.74) is 5.30. The first-order valence-electron chi connectivity index (χ1n) is 4.88. The summed E-state index contributed by atoms with van der Waals surface area (Å²) in [5, 5.41) is 2.93. The third kappa shape index (κ3) is 1.69. The van der Waals surface area contributed by atoms with Gasteiger partial charge in [0.25, 0.3) is 0 Å². The number of hydrogen-bond acceptors (Lipinski definition) is 3. The van der Waals surface area contributed by atoms with Gasteiger partial charge in [0.2, 0.25) is 5.91 Å². The SMILES string of the molecule is NC1(C(=O)NC2CCOC2)CCC1. The van der Waals surface area contributed by atoms with Crippen molar-refractivity contribution in [1.29, 1.82) is 0 Å². The molecule has 0 spiro atoms. The molecule has 4 heteroatoms. The van der Waals surface area contributed by atoms with E-state index in [-0.39, 0.29) is 11.9 Å². The Morgan fingerprint density at radius 2 is 2.31 bits per heavy atom. The Morgan fingerprint density at radius 3 is 2.77 bits per heavy atom. The molecule has 1 atom stereocenters. The van der Waals surface area contributed by atoms with Gasteiger partial charge in [-0.15, -0.1) is 0 Å². The molecular weight excluding hydrogens is 168 g/mol. The van der Waals surface area contributed by atoms with Crippen LogP contribution in [-0.4, -0.2) is 30.7 Å². The quantitative estimate of drug-likeness (QED) is 0.623. The van der Waals surface area contributed by atoms with E-state index in [1.54, 1.807) is 0 Å². The molecular formula is C9H16N2O2. The van der Waals surface area contributed by atoms with Gasteiger partial charge in [-0.2, -0.15) is 0 Å². The molecule has 1 saturated heterocycles. The molecule has 1 unspecified atom stereocenters. The molecule has 3 N–H and O–H groups in total. The second kappa shape index (κ2) is 3.27. The topological polar surface area (TPSA) is 64.4 Å². The molecule has 0 aromatic heterocycles. The van der Waals surface area contributed by atoms with Crippen LogP contribution in [0, 0.1) is 0 Å². The Bertz CT molecular complexity index is 208. The smallest absolute Gasteiger partial charge is 0.240 e. The van der Waals surface area contributed by atoms with Crippen LogP contribution >= 0.6 is 0 Å². The van der Waals surface area contributed by atoms with E-state index in [1.165, 1.54) is 0 Å². The fourth-order valence-corrected chi connectivity index (χ4v) is 1.76. The predicted octanol–water partition coefficient (Wildman–Crippen LogP) is -0.227. The Morgan fingerprint density at radius 1 is 1.54 bits per heavy atom. The van der Waals surface area contributed by atoms with E-state index < -0.39 is 5.54 Å². The van der Waals surface area contributed by atoms with Crippen LogP contribution in [0.2, 0.25) is 0 Å². The normalized spacial score (nSPS) is 31.0. The van der Waals surface area contributed by atoms with Crippen molar-refractivity contribution in [3.05, 3.63) is 0 Å². The van der Waals surface area contributed by atoms with Crippen molar-refractivity contribution in [2.24, 2.45) is 5.73 Å². The Hall–Kier alpha value is -0.610. The van der Waals surface area contributed by atoms with Crippen LogP contribution in [0.4, 0.5) is 0 Å². The highest BCUT2D eigenvalue weighted by Gasteiger charge is 2.40. The summed E-state index contributed by atoms with van der Waals surface area (Å²) in [7, 11) is 0. The van der Waals surface area contributed by atoms with Gasteiger partial charge in [0.05, 0.1) is 18.2 Å². The summed E-state index contributed by atoms with van der Waals surface area (Å²) >= 11 is 0. The molecule has 1 saturated carbocycles. The second-order valence-electron chi connectivity index (χ2n) is 4.04. The molecule has 2 aliphatic rings. The maximum absolute atomic E-state index is 11.6. The van der Waals surface area contributed by atoms with Crippen LogP contribution in [0.15, 0.2) is 0 Å². The Labute approximate surface area is 77.8 Å². The van der Waals surface area contributed by atoms with Crippen LogP contribution in [0.1, 0.15) is 25.7 Å². The molecule has 74 valence electrons. The third-order valence-electron chi connectivity index (χ3n) is 2.96. The number of amides is 1. The molecule has 2 rings (SSSR count). The highest BCUT2D eigenvalue weighted by Crippen LogP contribution is 2.29. The summed E-state index contributed by atoms with van der Waals surface area (Å²) in [4.78, 5) is 11.6. The average Bonchev–Trinajstić information content (AvgIpc) is 2.52. The van der Waals surface area contributed by atoms with E-state index in [2.05, 4.69) is 5.32 Å². The fraction of sp³-hybridized carbons (Fsp3) is 0.889. The molecule has 0 radical (unpaired) electrons. The molecule has 0 aromatic carbocycles. The van der Waals surface area contributed by atoms with Crippen molar-refractivity contribution in [3.63, 3.8) is 0 Å². The van der Waals surface area contributed by atoms with Crippen LogP contribution in [0.3, 0.4) is 0 Å². The average molecular weight is 184 g/mol. The van der Waals surface area contributed by atoms with Crippen molar-refractivity contribution >= 4 is 5.91 Å². The third-order valence-corrected chi connectivity index (χ3v) is 2.96. The number of ether oxygens (including phenoxy) is 1. The van der Waals surface area contributed by atoms with Crippen molar-refractivity contribution in [1.82, 2.24) is 5.32 Å². The van der Waals surface area contributed by atoms with Crippen LogP contribution in [0.5, 0.6) is 0 Å². The summed E-state index contributed by atoms with van der Waals surface area (Å²) in [6.07, 6.45) is 3.64. The van der Waals surface area contributed by atoms with Gasteiger partial charge in [0, 0.05) is 6.61 Å². The molecule has 13 heavy (non-hydrogen) atoms. The van der Waals surface area contributed by atoms with Gasteiger partial charge < -0.3 is 15.8 Å². The van der Waals surface area contributed by atoms with Gasteiger partial charge >= 0.3 is 0 Å². The molecule has 1 amide bonds. The van der Waals surface area contributed by atoms with Crippen molar-refractivity contribution in [2.75, 3.05) is 13.2 Å². The van der Waals surface area contributed by atoms with E-state index in [1.807, 2.05) is 0 Å². The number of carbonyl (C=O) groups is 1. The minimum Gasteiger partial charge on any atom is -0.379 e. The lowest BCUT2D eigenvalue weighted by molar-refractivity contribution is -0.130. The van der Waals surface area contributed by atoms with Crippen LogP contribution in [0.25, 0.3) is 0 Å². The molecule has 1 heterocycles. The first-order valence-corrected chi connectivity index (χ1v) is 4.88. The molecule has 0 aromatic rings. The number of carbonyl (C=O) groups excluding carboxylic acids is 1. The summed E-state index contributed by atoms with van der Waals surface area (Å²) < 4.78 is 5.17. The number of nitrogens with one attached hydrogen (secondary N) is 1. The molecule has 1 aliphatic heterocycles. The number of nitrogens with two attached hydrogens (primary N) is 1. The summed E-state index contributed by atoms with van der Waals surface area (Å²) in [6.45, 7) is 1.39. The maximum atomic E-state index is 11.6. The van der Waals surface area contributed by atoms with Crippen molar-refractivity contribution in [3.8, 4) is 0 Å². The predicted molar refractivity (Wildman–Crippen MR) is 48.1 cm³/mol. The Kier molecular flexibility index (Phi) is 2.26. The van der Waals surface area contributed by atoms with Gasteiger partial charge in [-0.25, -0.2) is 0 Å². The lowest BCUT2D eigenvalue weighted by atomic mass is 9.77. The lowest BCUT2D eigenvalue weighted by Crippen LogP contribution is -2.60. The maximum Gasteiger partial charge on any atom is 0.240 e. The monoisotopic (exact) mass is 184 g/mol. The van der Waals surface area contributed by atoms with E-state index >= 15 is 0 Å². The van der Waals surface area contributed by atoms with Crippen molar-refractivity contribution in [2.45, 2.75) is 37.3 Å². The molecule has 0 bridgehead atoms. The zero-order valence-corrected chi connectivity index (χ0v) is 7.71. The lowest BCUT2D eigenvalue weighted by Gasteiger charge is -2.36. The second-order valence-corrected chi connectivity index (χ2v) is 4.04.